The quantitative estimate of drug-likeness (QED) is 0.308. The van der Waals surface area contributed by atoms with Crippen molar-refractivity contribution < 1.29 is 27.9 Å². The number of hydrogen-bond donors (Lipinski definition) is 0. The molecule has 0 N–H and O–H groups in total. The Balaban J connectivity index is 4.66. The Kier molecular flexibility index (Phi) is 10.4. The number of ether oxygens (including phenoxy) is 2. The van der Waals surface area contributed by atoms with Gasteiger partial charge in [-0.25, -0.2) is 9.59 Å². The molecular weight excluding hydrogens is 316 g/mol. The number of carbonyl (C=O) groups is 2. The third-order valence-electron chi connectivity index (χ3n) is 2.94. The fourth-order valence-electron chi connectivity index (χ4n) is 1.83. The predicted octanol–water partition coefficient (Wildman–Crippen LogP) is 2.74. The van der Waals surface area contributed by atoms with E-state index in [1.165, 1.54) is 0 Å². The smallest absolute Gasteiger partial charge is 0.345 e. The van der Waals surface area contributed by atoms with E-state index in [0.717, 1.165) is 0 Å². The molecule has 0 unspecified atom stereocenters. The van der Waals surface area contributed by atoms with Gasteiger partial charge in [0.05, 0.1) is 13.2 Å². The lowest BCUT2D eigenvalue weighted by atomic mass is 10.4. The lowest BCUT2D eigenvalue weighted by molar-refractivity contribution is -0.139. The summed E-state index contributed by atoms with van der Waals surface area (Å²) in [6.07, 6.45) is 0. The SMILES string of the molecule is C=C(C)C(=O)OCC[Si](CCOC(=O)C(=C)C)(OCC)OCC. The molecule has 0 heterocycles. The van der Waals surface area contributed by atoms with Gasteiger partial charge in [-0.15, -0.1) is 0 Å². The topological polar surface area (TPSA) is 71.1 Å². The zero-order valence-corrected chi connectivity index (χ0v) is 15.6. The lowest BCUT2D eigenvalue weighted by Gasteiger charge is -2.29. The number of rotatable bonds is 12. The summed E-state index contributed by atoms with van der Waals surface area (Å²) in [5.74, 6) is -0.871. The van der Waals surface area contributed by atoms with Crippen LogP contribution in [-0.2, 0) is 27.9 Å². The van der Waals surface area contributed by atoms with Gasteiger partial charge in [0.2, 0.25) is 0 Å². The van der Waals surface area contributed by atoms with Gasteiger partial charge in [-0.05, 0) is 27.7 Å². The summed E-state index contributed by atoms with van der Waals surface area (Å²) in [6.45, 7) is 15.3. The summed E-state index contributed by atoms with van der Waals surface area (Å²) in [5.41, 5.74) is 0.695. The number of esters is 2. The van der Waals surface area contributed by atoms with E-state index in [4.69, 9.17) is 18.3 Å². The molecule has 0 aliphatic rings. The van der Waals surface area contributed by atoms with E-state index in [0.29, 0.717) is 36.4 Å². The summed E-state index contributed by atoms with van der Waals surface area (Å²) in [6, 6.07) is 0.941. The minimum atomic E-state index is -2.61. The summed E-state index contributed by atoms with van der Waals surface area (Å²) >= 11 is 0. The monoisotopic (exact) mass is 344 g/mol. The molecule has 0 bridgehead atoms. The summed E-state index contributed by atoms with van der Waals surface area (Å²) in [7, 11) is -2.61. The molecule has 0 spiro atoms. The third-order valence-corrected chi connectivity index (χ3v) is 6.51. The molecule has 0 saturated heterocycles. The maximum absolute atomic E-state index is 11.5. The van der Waals surface area contributed by atoms with Crippen molar-refractivity contribution in [2.45, 2.75) is 39.8 Å². The highest BCUT2D eigenvalue weighted by atomic mass is 28.4. The first-order valence-electron chi connectivity index (χ1n) is 7.71. The predicted molar refractivity (Wildman–Crippen MR) is 90.2 cm³/mol. The average Bonchev–Trinajstić information content (AvgIpc) is 2.47. The van der Waals surface area contributed by atoms with E-state index in [2.05, 4.69) is 13.2 Å². The molecule has 6 nitrogen and oxygen atoms in total. The second-order valence-electron chi connectivity index (χ2n) is 5.11. The summed E-state index contributed by atoms with van der Waals surface area (Å²) < 4.78 is 22.0. The molecule has 0 fully saturated rings. The van der Waals surface area contributed by atoms with Gasteiger partial charge in [0.25, 0.3) is 0 Å². The van der Waals surface area contributed by atoms with Gasteiger partial charge in [-0.1, -0.05) is 13.2 Å². The van der Waals surface area contributed by atoms with Crippen LogP contribution in [0, 0.1) is 0 Å². The number of carbonyl (C=O) groups excluding carboxylic acids is 2. The molecule has 23 heavy (non-hydrogen) atoms. The number of hydrogen-bond acceptors (Lipinski definition) is 6. The van der Waals surface area contributed by atoms with Crippen LogP contribution < -0.4 is 0 Å². The first kappa shape index (κ1) is 21.6. The van der Waals surface area contributed by atoms with E-state index in [9.17, 15) is 9.59 Å². The molecule has 0 amide bonds. The molecule has 0 aromatic rings. The summed E-state index contributed by atoms with van der Waals surface area (Å²) in [5, 5.41) is 0. The van der Waals surface area contributed by atoms with Crippen LogP contribution in [0.3, 0.4) is 0 Å². The molecule has 0 rings (SSSR count). The molecule has 0 aliphatic heterocycles. The van der Waals surface area contributed by atoms with Crippen molar-refractivity contribution in [3.63, 3.8) is 0 Å². The molecular formula is C16H28O6Si. The zero-order valence-electron chi connectivity index (χ0n) is 14.6. The second kappa shape index (κ2) is 11.1. The Morgan fingerprint density at radius 2 is 1.17 bits per heavy atom. The fraction of sp³-hybridized carbons (Fsp3) is 0.625. The van der Waals surface area contributed by atoms with Crippen LogP contribution in [0.1, 0.15) is 27.7 Å². The van der Waals surface area contributed by atoms with Gasteiger partial charge in [0.1, 0.15) is 0 Å². The molecule has 0 aliphatic carbocycles. The van der Waals surface area contributed by atoms with Crippen molar-refractivity contribution >= 4 is 20.5 Å². The molecule has 132 valence electrons. The molecule has 0 aromatic carbocycles. The van der Waals surface area contributed by atoms with Crippen molar-refractivity contribution in [1.29, 1.82) is 0 Å². The molecule has 0 saturated carbocycles. The van der Waals surface area contributed by atoms with Crippen LogP contribution in [0.4, 0.5) is 0 Å². The van der Waals surface area contributed by atoms with E-state index in [1.54, 1.807) is 13.8 Å². The maximum Gasteiger partial charge on any atom is 0.345 e. The minimum Gasteiger partial charge on any atom is -0.462 e. The van der Waals surface area contributed by atoms with Crippen LogP contribution in [0.25, 0.3) is 0 Å². The van der Waals surface area contributed by atoms with Crippen LogP contribution >= 0.6 is 0 Å². The van der Waals surface area contributed by atoms with E-state index < -0.39 is 20.5 Å². The Morgan fingerprint density at radius 1 is 0.826 bits per heavy atom. The van der Waals surface area contributed by atoms with Crippen molar-refractivity contribution in [1.82, 2.24) is 0 Å². The van der Waals surface area contributed by atoms with Crippen LogP contribution in [-0.4, -0.2) is 46.9 Å². The molecule has 0 radical (unpaired) electrons. The van der Waals surface area contributed by atoms with Crippen molar-refractivity contribution in [2.24, 2.45) is 0 Å². The van der Waals surface area contributed by atoms with Gasteiger partial charge in [-0.2, -0.15) is 0 Å². The van der Waals surface area contributed by atoms with E-state index in [1.807, 2.05) is 13.8 Å². The van der Waals surface area contributed by atoms with E-state index in [-0.39, 0.29) is 13.2 Å². The first-order chi connectivity index (χ1) is 10.8. The lowest BCUT2D eigenvalue weighted by Crippen LogP contribution is -2.44. The fourth-order valence-corrected chi connectivity index (χ4v) is 4.62. The highest BCUT2D eigenvalue weighted by molar-refractivity contribution is 6.67. The maximum atomic E-state index is 11.5. The van der Waals surface area contributed by atoms with Crippen LogP contribution in [0.2, 0.25) is 12.1 Å². The van der Waals surface area contributed by atoms with Gasteiger partial charge in [0.15, 0.2) is 0 Å². The highest BCUT2D eigenvalue weighted by Crippen LogP contribution is 2.20. The average molecular weight is 344 g/mol. The van der Waals surface area contributed by atoms with Gasteiger partial charge in [0, 0.05) is 36.4 Å². The van der Waals surface area contributed by atoms with Gasteiger partial charge >= 0.3 is 20.5 Å². The second-order valence-corrected chi connectivity index (χ2v) is 8.51. The minimum absolute atomic E-state index is 0.187. The molecule has 0 aromatic heterocycles. The van der Waals surface area contributed by atoms with Crippen molar-refractivity contribution in [3.8, 4) is 0 Å². The molecule has 0 atom stereocenters. The Morgan fingerprint density at radius 3 is 1.43 bits per heavy atom. The standard InChI is InChI=1S/C16H28O6Si/c1-7-21-23(22-8-2,11-9-19-15(17)13(3)4)12-10-20-16(18)14(5)6/h3,5,7-12H2,1-2,4,6H3. The third kappa shape index (κ3) is 8.68. The zero-order chi connectivity index (χ0) is 17.9. The van der Waals surface area contributed by atoms with E-state index >= 15 is 0 Å². The van der Waals surface area contributed by atoms with Gasteiger partial charge in [-0.3, -0.25) is 0 Å². The molecule has 7 heteroatoms. The Bertz CT molecular complexity index is 392. The normalized spacial score (nSPS) is 11.0. The van der Waals surface area contributed by atoms with Crippen molar-refractivity contribution in [3.05, 3.63) is 24.3 Å². The Labute approximate surface area is 139 Å². The largest absolute Gasteiger partial charge is 0.462 e. The summed E-state index contributed by atoms with van der Waals surface area (Å²) in [4.78, 5) is 22.9. The van der Waals surface area contributed by atoms with Gasteiger partial charge < -0.3 is 18.3 Å². The Hall–Kier alpha value is -1.44. The van der Waals surface area contributed by atoms with Crippen LogP contribution in [0.15, 0.2) is 24.3 Å². The van der Waals surface area contributed by atoms with Crippen LogP contribution in [0.5, 0.6) is 0 Å². The highest BCUT2D eigenvalue weighted by Gasteiger charge is 2.37. The first-order valence-corrected chi connectivity index (χ1v) is 9.94. The van der Waals surface area contributed by atoms with Crippen molar-refractivity contribution in [2.75, 3.05) is 26.4 Å².